The summed E-state index contributed by atoms with van der Waals surface area (Å²) in [6, 6.07) is 7.09. The Morgan fingerprint density at radius 3 is 2.68 bits per heavy atom. The van der Waals surface area contributed by atoms with Crippen molar-refractivity contribution in [2.45, 2.75) is 13.0 Å². The lowest BCUT2D eigenvalue weighted by molar-refractivity contribution is -0.136. The maximum atomic E-state index is 10.5. The second-order valence-electron chi connectivity index (χ2n) is 3.98. The predicted molar refractivity (Wildman–Crippen MR) is 78.2 cm³/mol. The Morgan fingerprint density at radius 1 is 1.37 bits per heavy atom. The smallest absolute Gasteiger partial charge is 0.307 e. The molecule has 1 N–H and O–H groups in total. The molecule has 0 fully saturated rings. The Balaban J connectivity index is 1.81. The Bertz CT molecular complexity index is 551. The second kappa shape index (κ2) is 6.55. The zero-order valence-corrected chi connectivity index (χ0v) is 12.3. The molecule has 0 aliphatic heterocycles. The number of hydrogen-bond acceptors (Lipinski definition) is 3. The van der Waals surface area contributed by atoms with E-state index in [0.29, 0.717) is 13.2 Å². The van der Waals surface area contributed by atoms with Gasteiger partial charge < -0.3 is 9.84 Å². The molecular weight excluding hydrogens is 359 g/mol. The number of carbonyl (C=O) groups is 1. The van der Waals surface area contributed by atoms with Crippen LogP contribution in [0.2, 0.25) is 0 Å². The Labute approximate surface area is 124 Å². The summed E-state index contributed by atoms with van der Waals surface area (Å²) in [4.78, 5) is 10.5. The molecule has 0 spiro atoms. The van der Waals surface area contributed by atoms with Crippen LogP contribution in [0, 0.1) is 3.57 Å². The molecule has 1 aromatic carbocycles. The quantitative estimate of drug-likeness (QED) is 0.790. The first-order chi connectivity index (χ1) is 9.13. The van der Waals surface area contributed by atoms with E-state index in [4.69, 9.17) is 9.84 Å². The van der Waals surface area contributed by atoms with Gasteiger partial charge in [-0.05, 0) is 40.3 Å². The lowest BCUT2D eigenvalue weighted by Crippen LogP contribution is -2.08. The van der Waals surface area contributed by atoms with Crippen LogP contribution in [0.15, 0.2) is 36.7 Å². The predicted octanol–water partition coefficient (Wildman–Crippen LogP) is 2.19. The van der Waals surface area contributed by atoms with Gasteiger partial charge in [-0.3, -0.25) is 9.48 Å². The molecule has 0 amide bonds. The number of carboxylic acids is 1. The summed E-state index contributed by atoms with van der Waals surface area (Å²) in [6.07, 6.45) is 3.77. The monoisotopic (exact) mass is 372 g/mol. The lowest BCUT2D eigenvalue weighted by atomic mass is 10.1. The molecule has 2 aromatic rings. The van der Waals surface area contributed by atoms with Gasteiger partial charge in [0.1, 0.15) is 12.4 Å². The third-order valence-electron chi connectivity index (χ3n) is 2.47. The van der Waals surface area contributed by atoms with Gasteiger partial charge in [0, 0.05) is 6.20 Å². The summed E-state index contributed by atoms with van der Waals surface area (Å²) in [5.74, 6) is -0.0991. The second-order valence-corrected chi connectivity index (χ2v) is 5.23. The third kappa shape index (κ3) is 4.55. The topological polar surface area (TPSA) is 64.3 Å². The molecule has 100 valence electrons. The van der Waals surface area contributed by atoms with Crippen molar-refractivity contribution in [1.29, 1.82) is 0 Å². The van der Waals surface area contributed by atoms with Crippen molar-refractivity contribution < 1.29 is 14.6 Å². The standard InChI is InChI=1S/C13H13IN2O3/c14-11-8-15-16(9-11)5-6-19-12-3-1-10(2-4-12)7-13(17)18/h1-4,8-9H,5-7H2,(H,17,18). The van der Waals surface area contributed by atoms with E-state index in [9.17, 15) is 4.79 Å². The van der Waals surface area contributed by atoms with Gasteiger partial charge in [-0.25, -0.2) is 0 Å². The van der Waals surface area contributed by atoms with E-state index >= 15 is 0 Å². The van der Waals surface area contributed by atoms with E-state index in [-0.39, 0.29) is 6.42 Å². The van der Waals surface area contributed by atoms with Crippen LogP contribution in [0.1, 0.15) is 5.56 Å². The van der Waals surface area contributed by atoms with E-state index in [2.05, 4.69) is 27.7 Å². The largest absolute Gasteiger partial charge is 0.492 e. The normalized spacial score (nSPS) is 10.4. The first-order valence-electron chi connectivity index (χ1n) is 5.75. The average molecular weight is 372 g/mol. The number of carboxylic acid groups (broad SMARTS) is 1. The molecule has 0 aliphatic carbocycles. The highest BCUT2D eigenvalue weighted by atomic mass is 127. The fourth-order valence-corrected chi connectivity index (χ4v) is 2.04. The highest BCUT2D eigenvalue weighted by Crippen LogP contribution is 2.12. The van der Waals surface area contributed by atoms with Crippen LogP contribution >= 0.6 is 22.6 Å². The van der Waals surface area contributed by atoms with Crippen LogP contribution in [0.4, 0.5) is 0 Å². The van der Waals surface area contributed by atoms with Crippen LogP contribution in [-0.2, 0) is 17.8 Å². The van der Waals surface area contributed by atoms with Crippen molar-refractivity contribution in [1.82, 2.24) is 9.78 Å². The zero-order valence-electron chi connectivity index (χ0n) is 10.1. The van der Waals surface area contributed by atoms with Gasteiger partial charge in [0.15, 0.2) is 0 Å². The number of benzene rings is 1. The van der Waals surface area contributed by atoms with Crippen LogP contribution < -0.4 is 4.74 Å². The summed E-state index contributed by atoms with van der Waals surface area (Å²) in [6.45, 7) is 1.20. The molecule has 19 heavy (non-hydrogen) atoms. The van der Waals surface area contributed by atoms with Gasteiger partial charge in [-0.2, -0.15) is 5.10 Å². The first-order valence-corrected chi connectivity index (χ1v) is 6.83. The van der Waals surface area contributed by atoms with Gasteiger partial charge in [-0.15, -0.1) is 0 Å². The molecule has 5 nitrogen and oxygen atoms in total. The lowest BCUT2D eigenvalue weighted by Gasteiger charge is -2.06. The summed E-state index contributed by atoms with van der Waals surface area (Å²) in [7, 11) is 0. The van der Waals surface area contributed by atoms with E-state index in [1.54, 1.807) is 30.5 Å². The minimum atomic E-state index is -0.832. The summed E-state index contributed by atoms with van der Waals surface area (Å²) >= 11 is 2.20. The third-order valence-corrected chi connectivity index (χ3v) is 3.03. The highest BCUT2D eigenvalue weighted by Gasteiger charge is 2.01. The number of aliphatic carboxylic acids is 1. The van der Waals surface area contributed by atoms with Crippen LogP contribution in [-0.4, -0.2) is 27.5 Å². The summed E-state index contributed by atoms with van der Waals surface area (Å²) in [5.41, 5.74) is 0.765. The number of rotatable bonds is 6. The minimum absolute atomic E-state index is 0.0337. The summed E-state index contributed by atoms with van der Waals surface area (Å²) < 4.78 is 8.48. The molecule has 1 aromatic heterocycles. The van der Waals surface area contributed by atoms with E-state index in [1.165, 1.54) is 0 Å². The van der Waals surface area contributed by atoms with Gasteiger partial charge >= 0.3 is 5.97 Å². The molecule has 0 saturated carbocycles. The van der Waals surface area contributed by atoms with Crippen molar-refractivity contribution in [2.75, 3.05) is 6.61 Å². The number of ether oxygens (including phenoxy) is 1. The maximum Gasteiger partial charge on any atom is 0.307 e. The average Bonchev–Trinajstić information content (AvgIpc) is 2.77. The molecule has 0 unspecified atom stereocenters. The fraction of sp³-hybridized carbons (Fsp3) is 0.231. The molecule has 0 saturated heterocycles. The number of nitrogens with zero attached hydrogens (tertiary/aromatic N) is 2. The van der Waals surface area contributed by atoms with E-state index in [1.807, 2.05) is 10.9 Å². The Hall–Kier alpha value is -1.57. The fourth-order valence-electron chi connectivity index (χ4n) is 1.60. The van der Waals surface area contributed by atoms with Crippen molar-refractivity contribution in [3.63, 3.8) is 0 Å². The van der Waals surface area contributed by atoms with Gasteiger partial charge in [-0.1, -0.05) is 12.1 Å². The van der Waals surface area contributed by atoms with E-state index in [0.717, 1.165) is 14.9 Å². The first kappa shape index (κ1) is 13.9. The molecule has 0 bridgehead atoms. The van der Waals surface area contributed by atoms with E-state index < -0.39 is 5.97 Å². The van der Waals surface area contributed by atoms with Crippen molar-refractivity contribution in [2.24, 2.45) is 0 Å². The molecular formula is C13H13IN2O3. The SMILES string of the molecule is O=C(O)Cc1ccc(OCCn2cc(I)cn2)cc1. The Kier molecular flexibility index (Phi) is 4.78. The molecule has 0 aliphatic rings. The van der Waals surface area contributed by atoms with Crippen LogP contribution in [0.5, 0.6) is 5.75 Å². The molecule has 0 radical (unpaired) electrons. The van der Waals surface area contributed by atoms with Gasteiger partial charge in [0.25, 0.3) is 0 Å². The number of aromatic nitrogens is 2. The maximum absolute atomic E-state index is 10.5. The van der Waals surface area contributed by atoms with Gasteiger partial charge in [0.05, 0.1) is 22.7 Å². The summed E-state index contributed by atoms with van der Waals surface area (Å²) in [5, 5.41) is 12.8. The highest BCUT2D eigenvalue weighted by molar-refractivity contribution is 14.1. The van der Waals surface area contributed by atoms with Crippen molar-refractivity contribution >= 4 is 28.6 Å². The Morgan fingerprint density at radius 2 is 2.11 bits per heavy atom. The van der Waals surface area contributed by atoms with Crippen molar-refractivity contribution in [3.05, 3.63) is 45.8 Å². The van der Waals surface area contributed by atoms with Crippen molar-refractivity contribution in [3.8, 4) is 5.75 Å². The number of hydrogen-bond donors (Lipinski definition) is 1. The minimum Gasteiger partial charge on any atom is -0.492 e. The van der Waals surface area contributed by atoms with Crippen LogP contribution in [0.25, 0.3) is 0 Å². The van der Waals surface area contributed by atoms with Crippen LogP contribution in [0.3, 0.4) is 0 Å². The molecule has 1 heterocycles. The zero-order chi connectivity index (χ0) is 13.7. The van der Waals surface area contributed by atoms with Gasteiger partial charge in [0.2, 0.25) is 0 Å². The number of halogens is 1. The molecule has 0 atom stereocenters. The molecule has 6 heteroatoms. The molecule has 2 rings (SSSR count).